The molecule has 3 nitrogen and oxygen atoms in total. The molecule has 0 saturated carbocycles. The van der Waals surface area contributed by atoms with Crippen LogP contribution in [-0.4, -0.2) is 12.4 Å². The van der Waals surface area contributed by atoms with Crippen molar-refractivity contribution in [3.8, 4) is 0 Å². The molecule has 2 aromatic rings. The van der Waals surface area contributed by atoms with Crippen LogP contribution in [0.15, 0.2) is 64.8 Å². The van der Waals surface area contributed by atoms with Gasteiger partial charge in [0.05, 0.1) is 11.4 Å². The van der Waals surface area contributed by atoms with Crippen molar-refractivity contribution in [2.24, 2.45) is 10.2 Å². The molecule has 0 atom stereocenters. The Morgan fingerprint density at radius 1 is 0.833 bits per heavy atom. The van der Waals surface area contributed by atoms with Crippen LogP contribution in [0.4, 0.5) is 17.1 Å². The summed E-state index contributed by atoms with van der Waals surface area (Å²) in [5, 5.41) is 11.5. The zero-order valence-electron chi connectivity index (χ0n) is 9.88. The van der Waals surface area contributed by atoms with Gasteiger partial charge < -0.3 is 5.32 Å². The van der Waals surface area contributed by atoms with Crippen molar-refractivity contribution in [1.29, 1.82) is 0 Å². The predicted octanol–water partition coefficient (Wildman–Crippen LogP) is 4.75. The normalized spacial score (nSPS) is 10.7. The monoisotopic (exact) mass is 259 g/mol. The summed E-state index contributed by atoms with van der Waals surface area (Å²) in [4.78, 5) is 0. The summed E-state index contributed by atoms with van der Waals surface area (Å²) >= 11 is 5.60. The van der Waals surface area contributed by atoms with Crippen molar-refractivity contribution in [1.82, 2.24) is 0 Å². The van der Waals surface area contributed by atoms with Gasteiger partial charge in [0.2, 0.25) is 0 Å². The highest BCUT2D eigenvalue weighted by molar-refractivity contribution is 6.18. The van der Waals surface area contributed by atoms with Gasteiger partial charge in [-0.05, 0) is 36.4 Å². The number of nitrogens with zero attached hydrogens (tertiary/aromatic N) is 2. The molecule has 0 unspecified atom stereocenters. The SMILES string of the molecule is ClCCNc1ccc(N=Nc2ccccc2)cc1. The maximum absolute atomic E-state index is 5.60. The van der Waals surface area contributed by atoms with Crippen LogP contribution in [0, 0.1) is 0 Å². The zero-order chi connectivity index (χ0) is 12.6. The van der Waals surface area contributed by atoms with Crippen LogP contribution in [0.5, 0.6) is 0 Å². The third-order valence-electron chi connectivity index (χ3n) is 2.33. The quantitative estimate of drug-likeness (QED) is 0.610. The molecule has 0 saturated heterocycles. The summed E-state index contributed by atoms with van der Waals surface area (Å²) in [7, 11) is 0. The van der Waals surface area contributed by atoms with Crippen LogP contribution in [0.25, 0.3) is 0 Å². The number of halogens is 1. The maximum atomic E-state index is 5.60. The first-order chi connectivity index (χ1) is 8.88. The molecule has 0 aliphatic rings. The fourth-order valence-corrected chi connectivity index (χ4v) is 1.54. The van der Waals surface area contributed by atoms with E-state index < -0.39 is 0 Å². The molecular formula is C14H14ClN3. The number of benzene rings is 2. The predicted molar refractivity (Wildman–Crippen MR) is 76.3 cm³/mol. The molecule has 4 heteroatoms. The number of anilines is 1. The highest BCUT2D eigenvalue weighted by Gasteiger charge is 1.92. The van der Waals surface area contributed by atoms with Gasteiger partial charge in [-0.3, -0.25) is 0 Å². The minimum Gasteiger partial charge on any atom is -0.384 e. The van der Waals surface area contributed by atoms with Gasteiger partial charge in [0.1, 0.15) is 0 Å². The Bertz CT molecular complexity index is 494. The van der Waals surface area contributed by atoms with Crippen molar-refractivity contribution >= 4 is 28.7 Å². The van der Waals surface area contributed by atoms with E-state index in [9.17, 15) is 0 Å². The lowest BCUT2D eigenvalue weighted by Gasteiger charge is -2.03. The molecule has 0 heterocycles. The van der Waals surface area contributed by atoms with Gasteiger partial charge in [0.25, 0.3) is 0 Å². The molecule has 0 aliphatic carbocycles. The van der Waals surface area contributed by atoms with E-state index in [4.69, 9.17) is 11.6 Å². The summed E-state index contributed by atoms with van der Waals surface area (Å²) < 4.78 is 0. The average molecular weight is 260 g/mol. The number of rotatable bonds is 5. The second-order valence-electron chi connectivity index (χ2n) is 3.70. The van der Waals surface area contributed by atoms with Crippen LogP contribution in [0.1, 0.15) is 0 Å². The van der Waals surface area contributed by atoms with E-state index in [0.717, 1.165) is 23.6 Å². The molecule has 0 spiro atoms. The molecule has 1 N–H and O–H groups in total. The molecule has 2 aromatic carbocycles. The summed E-state index contributed by atoms with van der Waals surface area (Å²) in [6.07, 6.45) is 0. The first-order valence-corrected chi connectivity index (χ1v) is 6.28. The van der Waals surface area contributed by atoms with E-state index >= 15 is 0 Å². The van der Waals surface area contributed by atoms with Gasteiger partial charge in [-0.25, -0.2) is 0 Å². The van der Waals surface area contributed by atoms with Gasteiger partial charge >= 0.3 is 0 Å². The Kier molecular flexibility index (Phi) is 4.73. The fourth-order valence-electron chi connectivity index (χ4n) is 1.45. The highest BCUT2D eigenvalue weighted by atomic mass is 35.5. The molecule has 0 fully saturated rings. The van der Waals surface area contributed by atoms with Gasteiger partial charge in [0.15, 0.2) is 0 Å². The van der Waals surface area contributed by atoms with E-state index in [1.165, 1.54) is 0 Å². The lowest BCUT2D eigenvalue weighted by atomic mass is 10.3. The third kappa shape index (κ3) is 3.86. The topological polar surface area (TPSA) is 36.8 Å². The lowest BCUT2D eigenvalue weighted by molar-refractivity contribution is 1.21. The number of nitrogens with one attached hydrogen (secondary N) is 1. The van der Waals surface area contributed by atoms with Crippen LogP contribution in [0.2, 0.25) is 0 Å². The third-order valence-corrected chi connectivity index (χ3v) is 2.52. The Morgan fingerprint density at radius 3 is 2.06 bits per heavy atom. The lowest BCUT2D eigenvalue weighted by Crippen LogP contribution is -2.01. The Labute approximate surface area is 112 Å². The van der Waals surface area contributed by atoms with Crippen molar-refractivity contribution in [2.75, 3.05) is 17.7 Å². The standard InChI is InChI=1S/C14H14ClN3/c15-10-11-16-12-6-8-14(9-7-12)18-17-13-4-2-1-3-5-13/h1-9,16H,10-11H2. The van der Waals surface area contributed by atoms with Gasteiger partial charge in [-0.15, -0.1) is 11.6 Å². The largest absolute Gasteiger partial charge is 0.384 e. The first-order valence-electron chi connectivity index (χ1n) is 5.75. The average Bonchev–Trinajstić information content (AvgIpc) is 2.45. The maximum Gasteiger partial charge on any atom is 0.0858 e. The van der Waals surface area contributed by atoms with Crippen LogP contribution >= 0.6 is 11.6 Å². The molecular weight excluding hydrogens is 246 g/mol. The summed E-state index contributed by atoms with van der Waals surface area (Å²) in [6, 6.07) is 17.4. The summed E-state index contributed by atoms with van der Waals surface area (Å²) in [5.74, 6) is 0.593. The van der Waals surface area contributed by atoms with Crippen LogP contribution in [0.3, 0.4) is 0 Å². The zero-order valence-corrected chi connectivity index (χ0v) is 10.6. The smallest absolute Gasteiger partial charge is 0.0858 e. The molecule has 2 rings (SSSR count). The Balaban J connectivity index is 2.00. The van der Waals surface area contributed by atoms with E-state index in [1.807, 2.05) is 54.6 Å². The van der Waals surface area contributed by atoms with Gasteiger partial charge in [-0.2, -0.15) is 10.2 Å². The molecule has 18 heavy (non-hydrogen) atoms. The summed E-state index contributed by atoms with van der Waals surface area (Å²) in [5.41, 5.74) is 2.71. The van der Waals surface area contributed by atoms with Crippen molar-refractivity contribution in [3.05, 3.63) is 54.6 Å². The van der Waals surface area contributed by atoms with Crippen molar-refractivity contribution in [2.45, 2.75) is 0 Å². The Hall–Kier alpha value is -1.87. The minimum atomic E-state index is 0.593. The minimum absolute atomic E-state index is 0.593. The molecule has 0 radical (unpaired) electrons. The van der Waals surface area contributed by atoms with E-state index in [0.29, 0.717) is 5.88 Å². The Morgan fingerprint density at radius 2 is 1.44 bits per heavy atom. The van der Waals surface area contributed by atoms with Crippen molar-refractivity contribution < 1.29 is 0 Å². The van der Waals surface area contributed by atoms with Crippen LogP contribution < -0.4 is 5.32 Å². The molecule has 0 aromatic heterocycles. The molecule has 0 bridgehead atoms. The second-order valence-corrected chi connectivity index (χ2v) is 4.08. The number of alkyl halides is 1. The molecule has 92 valence electrons. The molecule has 0 amide bonds. The second kappa shape index (κ2) is 6.77. The van der Waals surface area contributed by atoms with E-state index in [2.05, 4.69) is 15.5 Å². The summed E-state index contributed by atoms with van der Waals surface area (Å²) in [6.45, 7) is 0.756. The van der Waals surface area contributed by atoms with Crippen LogP contribution in [-0.2, 0) is 0 Å². The van der Waals surface area contributed by atoms with E-state index in [1.54, 1.807) is 0 Å². The van der Waals surface area contributed by atoms with E-state index in [-0.39, 0.29) is 0 Å². The van der Waals surface area contributed by atoms with Crippen molar-refractivity contribution in [3.63, 3.8) is 0 Å². The number of azo groups is 1. The molecule has 0 aliphatic heterocycles. The highest BCUT2D eigenvalue weighted by Crippen LogP contribution is 2.19. The number of hydrogen-bond donors (Lipinski definition) is 1. The van der Waals surface area contributed by atoms with Gasteiger partial charge in [-0.1, -0.05) is 18.2 Å². The fraction of sp³-hybridized carbons (Fsp3) is 0.143. The number of hydrogen-bond acceptors (Lipinski definition) is 3. The van der Waals surface area contributed by atoms with Gasteiger partial charge in [0, 0.05) is 18.1 Å². The first kappa shape index (κ1) is 12.6.